The fourth-order valence-corrected chi connectivity index (χ4v) is 1.77. The number of hydrogen-bond acceptors (Lipinski definition) is 2. The average molecular weight is 166 g/mol. The fraction of sp³-hybridized carbons (Fsp3) is 0.900. The van der Waals surface area contributed by atoms with Crippen LogP contribution in [0.1, 0.15) is 33.1 Å². The van der Waals surface area contributed by atoms with Crippen LogP contribution in [0.2, 0.25) is 0 Å². The van der Waals surface area contributed by atoms with Crippen molar-refractivity contribution in [2.45, 2.75) is 39.2 Å². The van der Waals surface area contributed by atoms with Crippen molar-refractivity contribution in [2.24, 2.45) is 5.92 Å². The maximum absolute atomic E-state index is 8.79. The van der Waals surface area contributed by atoms with E-state index < -0.39 is 0 Å². The minimum Gasteiger partial charge on any atom is -0.299 e. The SMILES string of the molecule is CCC(C)N1CCCC(C#N)C1. The molecule has 1 heterocycles. The molecule has 2 unspecified atom stereocenters. The standard InChI is InChI=1S/C10H18N2/c1-3-9(2)12-6-4-5-10(7-11)8-12/h9-10H,3-6,8H2,1-2H3. The second-order valence-corrected chi connectivity index (χ2v) is 3.72. The monoisotopic (exact) mass is 166 g/mol. The lowest BCUT2D eigenvalue weighted by molar-refractivity contribution is 0.148. The summed E-state index contributed by atoms with van der Waals surface area (Å²) in [5, 5.41) is 8.79. The Labute approximate surface area is 75.2 Å². The largest absolute Gasteiger partial charge is 0.299 e. The van der Waals surface area contributed by atoms with Crippen molar-refractivity contribution in [2.75, 3.05) is 13.1 Å². The third kappa shape index (κ3) is 2.22. The quantitative estimate of drug-likeness (QED) is 0.627. The molecule has 2 nitrogen and oxygen atoms in total. The van der Waals surface area contributed by atoms with Gasteiger partial charge in [-0.2, -0.15) is 5.26 Å². The smallest absolute Gasteiger partial charge is 0.0669 e. The van der Waals surface area contributed by atoms with Crippen LogP contribution >= 0.6 is 0 Å². The first-order valence-electron chi connectivity index (χ1n) is 4.91. The molecule has 0 N–H and O–H groups in total. The molecule has 1 fully saturated rings. The van der Waals surface area contributed by atoms with E-state index in [1.54, 1.807) is 0 Å². The van der Waals surface area contributed by atoms with E-state index in [9.17, 15) is 0 Å². The van der Waals surface area contributed by atoms with E-state index in [2.05, 4.69) is 24.8 Å². The molecule has 0 aromatic heterocycles. The molecule has 1 saturated heterocycles. The lowest BCUT2D eigenvalue weighted by atomic mass is 9.98. The minimum absolute atomic E-state index is 0.285. The van der Waals surface area contributed by atoms with Gasteiger partial charge in [-0.3, -0.25) is 4.90 Å². The first-order chi connectivity index (χ1) is 5.77. The molecule has 0 spiro atoms. The van der Waals surface area contributed by atoms with Crippen LogP contribution in [0.3, 0.4) is 0 Å². The Morgan fingerprint density at radius 3 is 3.00 bits per heavy atom. The molecule has 1 aliphatic heterocycles. The summed E-state index contributed by atoms with van der Waals surface area (Å²) >= 11 is 0. The van der Waals surface area contributed by atoms with Gasteiger partial charge in [0.2, 0.25) is 0 Å². The van der Waals surface area contributed by atoms with Crippen molar-refractivity contribution < 1.29 is 0 Å². The molecular formula is C10H18N2. The summed E-state index contributed by atoms with van der Waals surface area (Å²) in [6, 6.07) is 3.03. The zero-order valence-electron chi connectivity index (χ0n) is 8.08. The van der Waals surface area contributed by atoms with E-state index in [4.69, 9.17) is 5.26 Å². The first kappa shape index (κ1) is 9.54. The molecule has 0 amide bonds. The Kier molecular flexibility index (Phi) is 3.55. The normalized spacial score (nSPS) is 27.9. The van der Waals surface area contributed by atoms with Crippen LogP contribution in [0.15, 0.2) is 0 Å². The highest BCUT2D eigenvalue weighted by Gasteiger charge is 2.21. The van der Waals surface area contributed by atoms with Gasteiger partial charge in [0.05, 0.1) is 12.0 Å². The van der Waals surface area contributed by atoms with Gasteiger partial charge < -0.3 is 0 Å². The number of nitriles is 1. The summed E-state index contributed by atoms with van der Waals surface area (Å²) < 4.78 is 0. The Hall–Kier alpha value is -0.550. The zero-order chi connectivity index (χ0) is 8.97. The molecule has 0 saturated carbocycles. The van der Waals surface area contributed by atoms with Gasteiger partial charge >= 0.3 is 0 Å². The minimum atomic E-state index is 0.285. The maximum Gasteiger partial charge on any atom is 0.0669 e. The van der Waals surface area contributed by atoms with Crippen LogP contribution in [0.5, 0.6) is 0 Å². The molecule has 0 aromatic rings. The first-order valence-corrected chi connectivity index (χ1v) is 4.91. The Morgan fingerprint density at radius 2 is 2.42 bits per heavy atom. The third-order valence-corrected chi connectivity index (χ3v) is 2.85. The van der Waals surface area contributed by atoms with E-state index in [1.165, 1.54) is 19.4 Å². The molecule has 0 aliphatic carbocycles. The summed E-state index contributed by atoms with van der Waals surface area (Å²) in [4.78, 5) is 2.44. The van der Waals surface area contributed by atoms with Gasteiger partial charge in [0.25, 0.3) is 0 Å². The highest BCUT2D eigenvalue weighted by atomic mass is 15.2. The van der Waals surface area contributed by atoms with Gasteiger partial charge in [0, 0.05) is 12.6 Å². The lowest BCUT2D eigenvalue weighted by Crippen LogP contribution is -2.40. The third-order valence-electron chi connectivity index (χ3n) is 2.85. The molecular weight excluding hydrogens is 148 g/mol. The highest BCUT2D eigenvalue weighted by molar-refractivity contribution is 4.89. The second-order valence-electron chi connectivity index (χ2n) is 3.72. The van der Waals surface area contributed by atoms with Crippen molar-refractivity contribution in [1.29, 1.82) is 5.26 Å². The lowest BCUT2D eigenvalue weighted by Gasteiger charge is -2.33. The van der Waals surface area contributed by atoms with Crippen molar-refractivity contribution in [3.8, 4) is 6.07 Å². The Morgan fingerprint density at radius 1 is 1.67 bits per heavy atom. The zero-order valence-corrected chi connectivity index (χ0v) is 8.08. The van der Waals surface area contributed by atoms with Crippen LogP contribution in [0.4, 0.5) is 0 Å². The predicted molar refractivity (Wildman–Crippen MR) is 49.7 cm³/mol. The number of nitrogens with zero attached hydrogens (tertiary/aromatic N) is 2. The molecule has 0 aromatic carbocycles. The predicted octanol–water partition coefficient (Wildman–Crippen LogP) is 2.02. The van der Waals surface area contributed by atoms with Gasteiger partial charge in [0.1, 0.15) is 0 Å². The van der Waals surface area contributed by atoms with Crippen molar-refractivity contribution in [3.63, 3.8) is 0 Å². The van der Waals surface area contributed by atoms with Crippen molar-refractivity contribution in [1.82, 2.24) is 4.90 Å². The van der Waals surface area contributed by atoms with Crippen molar-refractivity contribution >= 4 is 0 Å². The summed E-state index contributed by atoms with van der Waals surface area (Å²) in [6.45, 7) is 6.64. The van der Waals surface area contributed by atoms with Gasteiger partial charge in [-0.05, 0) is 32.7 Å². The van der Waals surface area contributed by atoms with Crippen LogP contribution in [-0.4, -0.2) is 24.0 Å². The highest BCUT2D eigenvalue weighted by Crippen LogP contribution is 2.18. The average Bonchev–Trinajstić information content (AvgIpc) is 2.17. The second kappa shape index (κ2) is 4.47. The van der Waals surface area contributed by atoms with Gasteiger partial charge in [-0.15, -0.1) is 0 Å². The molecule has 2 atom stereocenters. The summed E-state index contributed by atoms with van der Waals surface area (Å²) in [5.41, 5.74) is 0. The van der Waals surface area contributed by atoms with E-state index in [-0.39, 0.29) is 5.92 Å². The van der Waals surface area contributed by atoms with E-state index >= 15 is 0 Å². The molecule has 2 heteroatoms. The maximum atomic E-state index is 8.79. The molecule has 12 heavy (non-hydrogen) atoms. The summed E-state index contributed by atoms with van der Waals surface area (Å²) in [5.74, 6) is 0.285. The number of rotatable bonds is 2. The van der Waals surface area contributed by atoms with Crippen molar-refractivity contribution in [3.05, 3.63) is 0 Å². The van der Waals surface area contributed by atoms with E-state index in [0.717, 1.165) is 13.0 Å². The van der Waals surface area contributed by atoms with Crippen LogP contribution in [-0.2, 0) is 0 Å². The molecule has 1 rings (SSSR count). The number of likely N-dealkylation sites (tertiary alicyclic amines) is 1. The van der Waals surface area contributed by atoms with Crippen LogP contribution in [0.25, 0.3) is 0 Å². The van der Waals surface area contributed by atoms with Gasteiger partial charge in [-0.1, -0.05) is 6.92 Å². The molecule has 0 bridgehead atoms. The topological polar surface area (TPSA) is 27.0 Å². The van der Waals surface area contributed by atoms with Crippen LogP contribution < -0.4 is 0 Å². The van der Waals surface area contributed by atoms with Gasteiger partial charge in [0.15, 0.2) is 0 Å². The summed E-state index contributed by atoms with van der Waals surface area (Å²) in [6.07, 6.45) is 3.49. The van der Waals surface area contributed by atoms with E-state index in [0.29, 0.717) is 6.04 Å². The van der Waals surface area contributed by atoms with E-state index in [1.807, 2.05) is 0 Å². The Bertz CT molecular complexity index is 171. The summed E-state index contributed by atoms with van der Waals surface area (Å²) in [7, 11) is 0. The molecule has 0 radical (unpaired) electrons. The fourth-order valence-electron chi connectivity index (χ4n) is 1.77. The van der Waals surface area contributed by atoms with Crippen LogP contribution in [0, 0.1) is 17.2 Å². The van der Waals surface area contributed by atoms with Gasteiger partial charge in [-0.25, -0.2) is 0 Å². The number of hydrogen-bond donors (Lipinski definition) is 0. The molecule has 68 valence electrons. The number of piperidine rings is 1. The molecule has 1 aliphatic rings. The Balaban J connectivity index is 2.41.